The molecule has 1 aliphatic rings. The van der Waals surface area contributed by atoms with Crippen molar-refractivity contribution in [2.45, 2.75) is 25.7 Å². The molecule has 8 heteroatoms. The van der Waals surface area contributed by atoms with E-state index in [0.29, 0.717) is 11.8 Å². The maximum atomic E-state index is 13.7. The van der Waals surface area contributed by atoms with Crippen molar-refractivity contribution in [3.63, 3.8) is 0 Å². The number of aryl methyl sites for hydroxylation is 1. The van der Waals surface area contributed by atoms with E-state index in [1.807, 2.05) is 0 Å². The number of nitrogens with zero attached hydrogens (tertiary/aromatic N) is 1. The van der Waals surface area contributed by atoms with E-state index in [9.17, 15) is 22.4 Å². The Morgan fingerprint density at radius 3 is 2.43 bits per heavy atom. The van der Waals surface area contributed by atoms with Crippen molar-refractivity contribution >= 4 is 11.6 Å². The molecule has 3 aromatic rings. The summed E-state index contributed by atoms with van der Waals surface area (Å²) in [4.78, 5) is 12.1. The third-order valence-electron chi connectivity index (χ3n) is 4.71. The Labute approximate surface area is 157 Å². The Balaban J connectivity index is 1.56. The summed E-state index contributed by atoms with van der Waals surface area (Å²) < 4.78 is 58.8. The molecular formula is C20H14F4N2O2. The summed E-state index contributed by atoms with van der Waals surface area (Å²) in [5.74, 6) is -7.82. The molecule has 0 radical (unpaired) electrons. The number of carbonyl (C=O) groups excluding carboxylic acids is 1. The number of hydrogen-bond donors (Lipinski definition) is 1. The van der Waals surface area contributed by atoms with Crippen LogP contribution in [-0.2, 0) is 12.8 Å². The Hall–Kier alpha value is -3.16. The summed E-state index contributed by atoms with van der Waals surface area (Å²) in [5.41, 5.74) is 2.13. The zero-order valence-electron chi connectivity index (χ0n) is 14.5. The molecular weight excluding hydrogens is 376 g/mol. The average molecular weight is 390 g/mol. The first-order valence-electron chi connectivity index (χ1n) is 8.68. The number of aromatic nitrogens is 1. The molecule has 0 saturated carbocycles. The number of nitrogens with one attached hydrogen (secondary N) is 1. The summed E-state index contributed by atoms with van der Waals surface area (Å²) in [6.07, 6.45) is 3.90. The van der Waals surface area contributed by atoms with Crippen molar-refractivity contribution in [1.82, 2.24) is 5.16 Å². The van der Waals surface area contributed by atoms with Gasteiger partial charge < -0.3 is 9.84 Å². The number of carbonyl (C=O) groups is 1. The largest absolute Gasteiger partial charge is 0.356 e. The summed E-state index contributed by atoms with van der Waals surface area (Å²) in [5, 5.41) is 6.42. The molecule has 0 atom stereocenters. The van der Waals surface area contributed by atoms with Crippen LogP contribution >= 0.6 is 0 Å². The van der Waals surface area contributed by atoms with E-state index in [1.165, 1.54) is 0 Å². The van der Waals surface area contributed by atoms with Gasteiger partial charge in [0.15, 0.2) is 29.0 Å². The summed E-state index contributed by atoms with van der Waals surface area (Å²) in [7, 11) is 0. The van der Waals surface area contributed by atoms with Gasteiger partial charge in [-0.25, -0.2) is 17.6 Å². The van der Waals surface area contributed by atoms with Crippen LogP contribution in [0.1, 0.15) is 34.5 Å². The molecule has 0 spiro atoms. The van der Waals surface area contributed by atoms with E-state index in [4.69, 9.17) is 4.52 Å². The second kappa shape index (κ2) is 7.10. The molecule has 1 aromatic heterocycles. The fourth-order valence-corrected chi connectivity index (χ4v) is 3.26. The normalized spacial score (nSPS) is 13.3. The molecule has 1 N–H and O–H groups in total. The molecule has 0 unspecified atom stereocenters. The highest BCUT2D eigenvalue weighted by Gasteiger charge is 2.23. The van der Waals surface area contributed by atoms with Crippen molar-refractivity contribution in [3.05, 3.63) is 70.4 Å². The van der Waals surface area contributed by atoms with Crippen molar-refractivity contribution in [2.75, 3.05) is 5.32 Å². The average Bonchev–Trinajstić information content (AvgIpc) is 3.14. The summed E-state index contributed by atoms with van der Waals surface area (Å²) >= 11 is 0. The lowest BCUT2D eigenvalue weighted by Crippen LogP contribution is -2.16. The molecule has 28 heavy (non-hydrogen) atoms. The Morgan fingerprint density at radius 2 is 1.68 bits per heavy atom. The number of rotatable bonds is 3. The number of fused-ring (bicyclic) bond motifs is 1. The zero-order chi connectivity index (χ0) is 19.8. The van der Waals surface area contributed by atoms with Crippen LogP contribution in [-0.4, -0.2) is 11.1 Å². The minimum atomic E-state index is -2.03. The van der Waals surface area contributed by atoms with Crippen LogP contribution in [0.25, 0.3) is 11.3 Å². The van der Waals surface area contributed by atoms with Gasteiger partial charge >= 0.3 is 0 Å². The van der Waals surface area contributed by atoms with Gasteiger partial charge in [0, 0.05) is 16.8 Å². The fourth-order valence-electron chi connectivity index (χ4n) is 3.26. The van der Waals surface area contributed by atoms with Crippen LogP contribution in [0.4, 0.5) is 23.2 Å². The number of halogens is 4. The molecule has 2 aromatic carbocycles. The first-order chi connectivity index (χ1) is 13.5. The van der Waals surface area contributed by atoms with E-state index in [1.54, 1.807) is 24.3 Å². The predicted octanol–water partition coefficient (Wildman–Crippen LogP) is 5.03. The Morgan fingerprint density at radius 1 is 0.964 bits per heavy atom. The van der Waals surface area contributed by atoms with Gasteiger partial charge in [-0.15, -0.1) is 0 Å². The lowest BCUT2D eigenvalue weighted by atomic mass is 9.94. The smallest absolute Gasteiger partial charge is 0.258 e. The molecule has 4 rings (SSSR count). The molecule has 4 nitrogen and oxygen atoms in total. The van der Waals surface area contributed by atoms with Crippen LogP contribution in [0, 0.1) is 23.3 Å². The van der Waals surface area contributed by atoms with E-state index >= 15 is 0 Å². The first-order valence-corrected chi connectivity index (χ1v) is 8.68. The van der Waals surface area contributed by atoms with Crippen molar-refractivity contribution in [2.24, 2.45) is 0 Å². The van der Waals surface area contributed by atoms with Gasteiger partial charge in [0.1, 0.15) is 0 Å². The minimum absolute atomic E-state index is 0.270. The molecule has 1 aliphatic carbocycles. The van der Waals surface area contributed by atoms with E-state index < -0.39 is 34.7 Å². The Bertz CT molecular complexity index is 1060. The van der Waals surface area contributed by atoms with Gasteiger partial charge in [-0.05, 0) is 56.0 Å². The molecule has 1 amide bonds. The van der Waals surface area contributed by atoms with Crippen molar-refractivity contribution in [1.29, 1.82) is 0 Å². The third-order valence-corrected chi connectivity index (χ3v) is 4.71. The number of hydrogen-bond acceptors (Lipinski definition) is 3. The van der Waals surface area contributed by atoms with Crippen LogP contribution in [0.15, 0.2) is 34.9 Å². The van der Waals surface area contributed by atoms with Gasteiger partial charge in [-0.3, -0.25) is 4.79 Å². The maximum absolute atomic E-state index is 13.7. The molecule has 0 aliphatic heterocycles. The van der Waals surface area contributed by atoms with Crippen LogP contribution in [0.3, 0.4) is 0 Å². The van der Waals surface area contributed by atoms with Gasteiger partial charge in [-0.2, -0.15) is 0 Å². The van der Waals surface area contributed by atoms with Crippen molar-refractivity contribution in [3.8, 4) is 11.3 Å². The highest BCUT2D eigenvalue weighted by atomic mass is 19.2. The number of amides is 1. The van der Waals surface area contributed by atoms with Gasteiger partial charge in [0.05, 0.1) is 11.3 Å². The topological polar surface area (TPSA) is 55.1 Å². The second-order valence-electron chi connectivity index (χ2n) is 6.52. The van der Waals surface area contributed by atoms with Crippen LogP contribution in [0.2, 0.25) is 0 Å². The molecule has 0 bridgehead atoms. The van der Waals surface area contributed by atoms with Crippen molar-refractivity contribution < 1.29 is 26.9 Å². The lowest BCUT2D eigenvalue weighted by molar-refractivity contribution is 0.102. The highest BCUT2D eigenvalue weighted by Crippen LogP contribution is 2.32. The zero-order valence-corrected chi connectivity index (χ0v) is 14.5. The monoisotopic (exact) mass is 390 g/mol. The number of benzene rings is 2. The predicted molar refractivity (Wildman–Crippen MR) is 92.8 cm³/mol. The van der Waals surface area contributed by atoms with Gasteiger partial charge in [-0.1, -0.05) is 5.16 Å². The lowest BCUT2D eigenvalue weighted by Gasteiger charge is -2.10. The third kappa shape index (κ3) is 3.15. The number of anilines is 1. The second-order valence-corrected chi connectivity index (χ2v) is 6.52. The standard InChI is InChI=1S/C20H14F4N2O2/c21-14-9-13(16(22)18(24)17(14)23)20(27)25-11-7-5-10(6-8-11)19-12-3-1-2-4-15(12)26-28-19/h5-9H,1-4H2,(H,25,27). The minimum Gasteiger partial charge on any atom is -0.356 e. The molecule has 0 saturated heterocycles. The summed E-state index contributed by atoms with van der Waals surface area (Å²) in [6.45, 7) is 0. The van der Waals surface area contributed by atoms with Gasteiger partial charge in [0.25, 0.3) is 5.91 Å². The van der Waals surface area contributed by atoms with Gasteiger partial charge in [0.2, 0.25) is 0 Å². The van der Waals surface area contributed by atoms with E-state index in [-0.39, 0.29) is 5.69 Å². The van der Waals surface area contributed by atoms with E-state index in [0.717, 1.165) is 42.5 Å². The van der Waals surface area contributed by atoms with E-state index in [2.05, 4.69) is 10.5 Å². The fraction of sp³-hybridized carbons (Fsp3) is 0.200. The molecule has 144 valence electrons. The quantitative estimate of drug-likeness (QED) is 0.388. The molecule has 0 fully saturated rings. The van der Waals surface area contributed by atoms with Crippen LogP contribution in [0.5, 0.6) is 0 Å². The first kappa shape index (κ1) is 18.2. The molecule has 1 heterocycles. The maximum Gasteiger partial charge on any atom is 0.258 e. The Kier molecular flexibility index (Phi) is 4.62. The van der Waals surface area contributed by atoms with Crippen LogP contribution < -0.4 is 5.32 Å². The summed E-state index contributed by atoms with van der Waals surface area (Å²) in [6, 6.07) is 6.77. The highest BCUT2D eigenvalue weighted by molar-refractivity contribution is 6.04. The SMILES string of the molecule is O=C(Nc1ccc(-c2onc3c2CCCC3)cc1)c1cc(F)c(F)c(F)c1F.